The maximum atomic E-state index is 13.2. The van der Waals surface area contributed by atoms with Crippen molar-refractivity contribution in [3.8, 4) is 5.75 Å². The van der Waals surface area contributed by atoms with E-state index in [1.165, 1.54) is 16.7 Å². The number of methoxy groups -OCH3 is 1. The van der Waals surface area contributed by atoms with E-state index in [4.69, 9.17) is 9.47 Å². The molecule has 2 fully saturated rings. The van der Waals surface area contributed by atoms with Gasteiger partial charge in [0.25, 0.3) is 0 Å². The summed E-state index contributed by atoms with van der Waals surface area (Å²) in [6.45, 7) is 2.04. The minimum atomic E-state index is -0.955. The monoisotopic (exact) mass is 629 g/mol. The molecule has 5 amide bonds. The Morgan fingerprint density at radius 3 is 2.28 bits per heavy atom. The highest BCUT2D eigenvalue weighted by Crippen LogP contribution is 2.30. The quantitative estimate of drug-likeness (QED) is 0.312. The molecule has 2 aliphatic heterocycles. The average molecular weight is 630 g/mol. The Morgan fingerprint density at radius 2 is 1.54 bits per heavy atom. The lowest BCUT2D eigenvalue weighted by molar-refractivity contribution is -0.137. The number of anilines is 1. The van der Waals surface area contributed by atoms with Crippen LogP contribution in [0.5, 0.6) is 5.75 Å². The normalized spacial score (nSPS) is 18.1. The zero-order valence-corrected chi connectivity index (χ0v) is 26.0. The molecule has 3 aromatic rings. The number of amides is 5. The van der Waals surface area contributed by atoms with Crippen molar-refractivity contribution in [3.05, 3.63) is 72.3 Å². The zero-order chi connectivity index (χ0) is 32.6. The summed E-state index contributed by atoms with van der Waals surface area (Å²) in [6, 6.07) is 18.1. The predicted octanol–water partition coefficient (Wildman–Crippen LogP) is 3.20. The van der Waals surface area contributed by atoms with E-state index < -0.39 is 41.9 Å². The SMILES string of the molecule is COc1cc(NC(=O)C2CCCN2C(=O)CNC(=O)C(C)NC(=O)C2CCCN2C(=O)OCc2ccccc2)cc2ccccc12. The maximum absolute atomic E-state index is 13.2. The Labute approximate surface area is 267 Å². The molecule has 0 saturated carbocycles. The van der Waals surface area contributed by atoms with Crippen molar-refractivity contribution in [3.63, 3.8) is 0 Å². The van der Waals surface area contributed by atoms with Gasteiger partial charge >= 0.3 is 6.09 Å². The van der Waals surface area contributed by atoms with Gasteiger partial charge in [0.2, 0.25) is 23.6 Å². The number of likely N-dealkylation sites (tertiary alicyclic amines) is 2. The number of fused-ring (bicyclic) bond motifs is 1. The fraction of sp³-hybridized carbons (Fsp3) is 0.382. The lowest BCUT2D eigenvalue weighted by Gasteiger charge is -2.26. The third-order valence-corrected chi connectivity index (χ3v) is 8.35. The molecule has 12 nitrogen and oxygen atoms in total. The van der Waals surface area contributed by atoms with Gasteiger partial charge in [-0.05, 0) is 49.6 Å². The number of ether oxygens (including phenoxy) is 2. The van der Waals surface area contributed by atoms with E-state index in [0.29, 0.717) is 50.2 Å². The van der Waals surface area contributed by atoms with Crippen LogP contribution in [-0.4, -0.2) is 84.4 Å². The molecule has 0 bridgehead atoms. The van der Waals surface area contributed by atoms with Gasteiger partial charge in [0, 0.05) is 30.2 Å². The van der Waals surface area contributed by atoms with Crippen molar-refractivity contribution in [1.29, 1.82) is 0 Å². The molecule has 3 atom stereocenters. The molecule has 3 aromatic carbocycles. The first-order chi connectivity index (χ1) is 22.2. The van der Waals surface area contributed by atoms with Gasteiger partial charge in [0.1, 0.15) is 30.5 Å². The third kappa shape index (κ3) is 7.56. The van der Waals surface area contributed by atoms with Gasteiger partial charge in [0.05, 0.1) is 13.7 Å². The summed E-state index contributed by atoms with van der Waals surface area (Å²) in [5, 5.41) is 9.96. The molecule has 0 aromatic heterocycles. The van der Waals surface area contributed by atoms with E-state index in [9.17, 15) is 24.0 Å². The summed E-state index contributed by atoms with van der Waals surface area (Å²) < 4.78 is 10.9. The Hall–Kier alpha value is -5.13. The molecule has 0 aliphatic carbocycles. The van der Waals surface area contributed by atoms with Crippen LogP contribution in [0.4, 0.5) is 10.5 Å². The molecule has 0 spiro atoms. The highest BCUT2D eigenvalue weighted by atomic mass is 16.6. The van der Waals surface area contributed by atoms with Gasteiger partial charge < -0.3 is 30.3 Å². The number of carbonyl (C=O) groups excluding carboxylic acids is 5. The summed E-state index contributed by atoms with van der Waals surface area (Å²) >= 11 is 0. The first-order valence-electron chi connectivity index (χ1n) is 15.5. The van der Waals surface area contributed by atoms with E-state index in [1.54, 1.807) is 13.2 Å². The first-order valence-corrected chi connectivity index (χ1v) is 15.5. The second-order valence-electron chi connectivity index (χ2n) is 11.5. The third-order valence-electron chi connectivity index (χ3n) is 8.35. The van der Waals surface area contributed by atoms with Crippen LogP contribution < -0.4 is 20.7 Å². The van der Waals surface area contributed by atoms with E-state index >= 15 is 0 Å². The number of hydrogen-bond acceptors (Lipinski definition) is 7. The van der Waals surface area contributed by atoms with Gasteiger partial charge in [-0.3, -0.25) is 24.1 Å². The van der Waals surface area contributed by atoms with Crippen molar-refractivity contribution < 1.29 is 33.4 Å². The van der Waals surface area contributed by atoms with Crippen molar-refractivity contribution in [2.45, 2.75) is 57.3 Å². The molecule has 12 heteroatoms. The lowest BCUT2D eigenvalue weighted by atomic mass is 10.1. The highest BCUT2D eigenvalue weighted by molar-refractivity contribution is 6.01. The van der Waals surface area contributed by atoms with Crippen LogP contribution in [0.2, 0.25) is 0 Å². The Kier molecular flexibility index (Phi) is 10.4. The fourth-order valence-electron chi connectivity index (χ4n) is 5.93. The Morgan fingerprint density at radius 1 is 0.870 bits per heavy atom. The van der Waals surface area contributed by atoms with Crippen LogP contribution in [-0.2, 0) is 30.5 Å². The van der Waals surface area contributed by atoms with Gasteiger partial charge in [0.15, 0.2) is 0 Å². The number of rotatable bonds is 10. The van der Waals surface area contributed by atoms with E-state index in [-0.39, 0.29) is 19.1 Å². The van der Waals surface area contributed by atoms with Crippen LogP contribution in [0, 0.1) is 0 Å². The number of nitrogens with one attached hydrogen (secondary N) is 3. The molecule has 3 unspecified atom stereocenters. The molecule has 242 valence electrons. The molecular weight excluding hydrogens is 590 g/mol. The number of nitrogens with zero attached hydrogens (tertiary/aromatic N) is 2. The number of hydrogen-bond donors (Lipinski definition) is 3. The van der Waals surface area contributed by atoms with Gasteiger partial charge in [-0.1, -0.05) is 54.6 Å². The smallest absolute Gasteiger partial charge is 0.410 e. The van der Waals surface area contributed by atoms with E-state index in [0.717, 1.165) is 16.3 Å². The van der Waals surface area contributed by atoms with E-state index in [2.05, 4.69) is 16.0 Å². The minimum absolute atomic E-state index is 0.0923. The largest absolute Gasteiger partial charge is 0.496 e. The zero-order valence-electron chi connectivity index (χ0n) is 26.0. The molecule has 2 heterocycles. The van der Waals surface area contributed by atoms with Crippen LogP contribution in [0.15, 0.2) is 66.7 Å². The molecule has 46 heavy (non-hydrogen) atoms. The van der Waals surface area contributed by atoms with Crippen LogP contribution in [0.1, 0.15) is 38.2 Å². The Bertz CT molecular complexity index is 1600. The van der Waals surface area contributed by atoms with Crippen LogP contribution in [0.25, 0.3) is 10.8 Å². The summed E-state index contributed by atoms with van der Waals surface area (Å²) in [5.41, 5.74) is 1.39. The molecule has 2 saturated heterocycles. The minimum Gasteiger partial charge on any atom is -0.496 e. The second kappa shape index (κ2) is 14.8. The van der Waals surface area contributed by atoms with E-state index in [1.807, 2.05) is 60.7 Å². The standard InChI is InChI=1S/C34H39N5O7/c1-22(36-32(42)28-15-9-17-39(28)34(44)46-21-23-10-4-3-5-11-23)31(41)35-20-30(40)38-16-8-14-27(38)33(43)37-25-18-24-12-6-7-13-26(24)29(19-25)45-2/h3-7,10-13,18-19,22,27-28H,8-9,14-17,20-21H2,1-2H3,(H,35,41)(H,36,42)(H,37,43). The number of carbonyl (C=O) groups is 5. The highest BCUT2D eigenvalue weighted by Gasteiger charge is 2.37. The molecule has 2 aliphatic rings. The molecule has 0 radical (unpaired) electrons. The van der Waals surface area contributed by atoms with Crippen molar-refractivity contribution in [2.75, 3.05) is 32.1 Å². The number of benzene rings is 3. The van der Waals surface area contributed by atoms with Gasteiger partial charge in [-0.2, -0.15) is 0 Å². The summed E-state index contributed by atoms with van der Waals surface area (Å²) in [6.07, 6.45) is 1.63. The van der Waals surface area contributed by atoms with Gasteiger partial charge in [-0.15, -0.1) is 0 Å². The van der Waals surface area contributed by atoms with Gasteiger partial charge in [-0.25, -0.2) is 4.79 Å². The topological polar surface area (TPSA) is 146 Å². The molecular formula is C34H39N5O7. The van der Waals surface area contributed by atoms with Crippen molar-refractivity contribution >= 4 is 46.2 Å². The average Bonchev–Trinajstić information content (AvgIpc) is 3.77. The molecule has 3 N–H and O–H groups in total. The second-order valence-corrected chi connectivity index (χ2v) is 11.5. The summed E-state index contributed by atoms with van der Waals surface area (Å²) in [5.74, 6) is -1.12. The summed E-state index contributed by atoms with van der Waals surface area (Å²) in [4.78, 5) is 67.7. The Balaban J connectivity index is 1.10. The first kappa shape index (κ1) is 32.3. The van der Waals surface area contributed by atoms with Crippen LogP contribution >= 0.6 is 0 Å². The fourth-order valence-corrected chi connectivity index (χ4v) is 5.93. The molecule has 5 rings (SSSR count). The summed E-state index contributed by atoms with van der Waals surface area (Å²) in [7, 11) is 1.57. The van der Waals surface area contributed by atoms with Crippen molar-refractivity contribution in [1.82, 2.24) is 20.4 Å². The van der Waals surface area contributed by atoms with Crippen LogP contribution in [0.3, 0.4) is 0 Å². The predicted molar refractivity (Wildman–Crippen MR) is 171 cm³/mol. The lowest BCUT2D eigenvalue weighted by Crippen LogP contribution is -2.53. The maximum Gasteiger partial charge on any atom is 0.410 e. The van der Waals surface area contributed by atoms with Crippen molar-refractivity contribution in [2.24, 2.45) is 0 Å².